The molecule has 1 saturated heterocycles. The van der Waals surface area contributed by atoms with Gasteiger partial charge < -0.3 is 14.6 Å². The number of carbonyl (C=O) groups excluding carboxylic acids is 1. The van der Waals surface area contributed by atoms with Crippen molar-refractivity contribution in [3.8, 4) is 0 Å². The standard InChI is InChI=1S/C17H26N2O2/c1-12-10-15(13(2)21-12)11-18-17(20)19-9-5-8-16(19)14-6-3-4-7-14/h10,14,16H,3-9,11H2,1-2H3,(H,18,20). The van der Waals surface area contributed by atoms with Gasteiger partial charge in [0.1, 0.15) is 11.5 Å². The second-order valence-electron chi connectivity index (χ2n) is 6.54. The Kier molecular flexibility index (Phi) is 4.22. The van der Waals surface area contributed by atoms with Gasteiger partial charge in [-0.2, -0.15) is 0 Å². The fourth-order valence-electron chi connectivity index (χ4n) is 4.01. The fraction of sp³-hybridized carbons (Fsp3) is 0.706. The van der Waals surface area contributed by atoms with Crippen molar-refractivity contribution in [1.82, 2.24) is 10.2 Å². The molecule has 1 aliphatic heterocycles. The zero-order chi connectivity index (χ0) is 14.8. The Morgan fingerprint density at radius 2 is 2.05 bits per heavy atom. The highest BCUT2D eigenvalue weighted by molar-refractivity contribution is 5.75. The van der Waals surface area contributed by atoms with Crippen molar-refractivity contribution >= 4 is 6.03 Å². The van der Waals surface area contributed by atoms with Crippen LogP contribution in [-0.4, -0.2) is 23.5 Å². The van der Waals surface area contributed by atoms with E-state index in [2.05, 4.69) is 10.2 Å². The molecule has 116 valence electrons. The van der Waals surface area contributed by atoms with Crippen LogP contribution in [0.15, 0.2) is 10.5 Å². The molecule has 2 fully saturated rings. The molecule has 4 nitrogen and oxygen atoms in total. The number of nitrogens with zero attached hydrogens (tertiary/aromatic N) is 1. The molecule has 0 aromatic carbocycles. The van der Waals surface area contributed by atoms with Gasteiger partial charge in [0.05, 0.1) is 0 Å². The summed E-state index contributed by atoms with van der Waals surface area (Å²) in [6, 6.07) is 2.58. The van der Waals surface area contributed by atoms with Gasteiger partial charge in [0.15, 0.2) is 0 Å². The van der Waals surface area contributed by atoms with Crippen molar-refractivity contribution in [2.45, 2.75) is 65.0 Å². The Hall–Kier alpha value is -1.45. The number of furan rings is 1. The lowest BCUT2D eigenvalue weighted by atomic mass is 9.96. The lowest BCUT2D eigenvalue weighted by Crippen LogP contribution is -2.45. The summed E-state index contributed by atoms with van der Waals surface area (Å²) >= 11 is 0. The Labute approximate surface area is 126 Å². The Morgan fingerprint density at radius 1 is 1.29 bits per heavy atom. The summed E-state index contributed by atoms with van der Waals surface area (Å²) in [4.78, 5) is 14.6. The molecule has 3 rings (SSSR count). The number of carbonyl (C=O) groups is 1. The van der Waals surface area contributed by atoms with E-state index in [1.807, 2.05) is 19.9 Å². The average Bonchev–Trinajstić information content (AvgIpc) is 3.16. The molecule has 1 N–H and O–H groups in total. The smallest absolute Gasteiger partial charge is 0.317 e. The number of hydrogen-bond donors (Lipinski definition) is 1. The van der Waals surface area contributed by atoms with Crippen LogP contribution < -0.4 is 5.32 Å². The predicted octanol–water partition coefficient (Wildman–Crippen LogP) is 3.76. The monoisotopic (exact) mass is 290 g/mol. The largest absolute Gasteiger partial charge is 0.466 e. The summed E-state index contributed by atoms with van der Waals surface area (Å²) in [6.07, 6.45) is 7.61. The molecule has 1 aliphatic carbocycles. The first-order valence-electron chi connectivity index (χ1n) is 8.25. The molecule has 0 bridgehead atoms. The van der Waals surface area contributed by atoms with Crippen LogP contribution in [0.1, 0.15) is 55.6 Å². The molecule has 2 amide bonds. The number of urea groups is 1. The number of aryl methyl sites for hydroxylation is 2. The first kappa shape index (κ1) is 14.5. The average molecular weight is 290 g/mol. The molecular weight excluding hydrogens is 264 g/mol. The number of rotatable bonds is 3. The number of hydrogen-bond acceptors (Lipinski definition) is 2. The Balaban J connectivity index is 1.58. The Bertz CT molecular complexity index is 503. The maximum Gasteiger partial charge on any atom is 0.317 e. The molecule has 0 spiro atoms. The summed E-state index contributed by atoms with van der Waals surface area (Å²) in [5.41, 5.74) is 1.08. The van der Waals surface area contributed by atoms with Crippen LogP contribution >= 0.6 is 0 Å². The van der Waals surface area contributed by atoms with E-state index in [9.17, 15) is 4.79 Å². The van der Waals surface area contributed by atoms with Gasteiger partial charge in [0.2, 0.25) is 0 Å². The van der Waals surface area contributed by atoms with Crippen LogP contribution in [0.25, 0.3) is 0 Å². The lowest BCUT2D eigenvalue weighted by molar-refractivity contribution is 0.172. The topological polar surface area (TPSA) is 45.5 Å². The third-order valence-electron chi connectivity index (χ3n) is 5.08. The van der Waals surface area contributed by atoms with Crippen molar-refractivity contribution in [1.29, 1.82) is 0 Å². The van der Waals surface area contributed by atoms with Gasteiger partial charge in [-0.15, -0.1) is 0 Å². The zero-order valence-corrected chi connectivity index (χ0v) is 13.2. The first-order valence-corrected chi connectivity index (χ1v) is 8.25. The van der Waals surface area contributed by atoms with Gasteiger partial charge in [-0.3, -0.25) is 0 Å². The van der Waals surface area contributed by atoms with Crippen LogP contribution in [0.3, 0.4) is 0 Å². The van der Waals surface area contributed by atoms with E-state index in [0.29, 0.717) is 12.6 Å². The van der Waals surface area contributed by atoms with Gasteiger partial charge in [-0.25, -0.2) is 4.79 Å². The van der Waals surface area contributed by atoms with Crippen molar-refractivity contribution in [2.75, 3.05) is 6.54 Å². The molecule has 4 heteroatoms. The highest BCUT2D eigenvalue weighted by Crippen LogP contribution is 2.35. The number of likely N-dealkylation sites (tertiary alicyclic amines) is 1. The Morgan fingerprint density at radius 3 is 2.71 bits per heavy atom. The predicted molar refractivity (Wildman–Crippen MR) is 82.1 cm³/mol. The van der Waals surface area contributed by atoms with Crippen molar-refractivity contribution in [3.05, 3.63) is 23.2 Å². The van der Waals surface area contributed by atoms with Crippen molar-refractivity contribution < 1.29 is 9.21 Å². The molecule has 1 aromatic heterocycles. The fourth-order valence-corrected chi connectivity index (χ4v) is 4.01. The van der Waals surface area contributed by atoms with Crippen LogP contribution in [0.5, 0.6) is 0 Å². The molecule has 2 heterocycles. The third-order valence-corrected chi connectivity index (χ3v) is 5.08. The summed E-state index contributed by atoms with van der Waals surface area (Å²) < 4.78 is 5.51. The third kappa shape index (κ3) is 3.09. The SMILES string of the molecule is Cc1cc(CNC(=O)N2CCCC2C2CCCC2)c(C)o1. The van der Waals surface area contributed by atoms with E-state index in [0.717, 1.165) is 36.0 Å². The molecule has 1 saturated carbocycles. The molecule has 1 atom stereocenters. The minimum Gasteiger partial charge on any atom is -0.466 e. The van der Waals surface area contributed by atoms with E-state index in [-0.39, 0.29) is 6.03 Å². The van der Waals surface area contributed by atoms with E-state index in [4.69, 9.17) is 4.42 Å². The molecular formula is C17H26N2O2. The second kappa shape index (κ2) is 6.12. The van der Waals surface area contributed by atoms with Gasteiger partial charge in [0.25, 0.3) is 0 Å². The van der Waals surface area contributed by atoms with Gasteiger partial charge in [-0.05, 0) is 51.5 Å². The minimum atomic E-state index is 0.0997. The summed E-state index contributed by atoms with van der Waals surface area (Å²) in [5, 5.41) is 3.08. The van der Waals surface area contributed by atoms with Crippen molar-refractivity contribution in [3.63, 3.8) is 0 Å². The van der Waals surface area contributed by atoms with Crippen LogP contribution in [-0.2, 0) is 6.54 Å². The normalized spacial score (nSPS) is 23.0. The number of nitrogens with one attached hydrogen (secondary N) is 1. The molecule has 2 aliphatic rings. The molecule has 1 aromatic rings. The van der Waals surface area contributed by atoms with E-state index in [1.165, 1.54) is 32.1 Å². The highest BCUT2D eigenvalue weighted by atomic mass is 16.3. The van der Waals surface area contributed by atoms with Gasteiger partial charge >= 0.3 is 6.03 Å². The first-order chi connectivity index (χ1) is 10.1. The van der Waals surface area contributed by atoms with E-state index >= 15 is 0 Å². The second-order valence-corrected chi connectivity index (χ2v) is 6.54. The van der Waals surface area contributed by atoms with Crippen LogP contribution in [0.2, 0.25) is 0 Å². The zero-order valence-electron chi connectivity index (χ0n) is 13.2. The quantitative estimate of drug-likeness (QED) is 0.921. The number of amides is 2. The molecule has 1 unspecified atom stereocenters. The lowest BCUT2D eigenvalue weighted by Gasteiger charge is -2.29. The maximum atomic E-state index is 12.5. The maximum absolute atomic E-state index is 12.5. The van der Waals surface area contributed by atoms with Crippen LogP contribution in [0.4, 0.5) is 4.79 Å². The summed E-state index contributed by atoms with van der Waals surface area (Å²) in [5.74, 6) is 2.54. The highest BCUT2D eigenvalue weighted by Gasteiger charge is 2.35. The van der Waals surface area contributed by atoms with Gasteiger partial charge in [0, 0.05) is 24.7 Å². The van der Waals surface area contributed by atoms with E-state index < -0.39 is 0 Å². The molecule has 0 radical (unpaired) electrons. The molecule has 21 heavy (non-hydrogen) atoms. The minimum absolute atomic E-state index is 0.0997. The summed E-state index contributed by atoms with van der Waals surface area (Å²) in [7, 11) is 0. The van der Waals surface area contributed by atoms with Crippen molar-refractivity contribution in [2.24, 2.45) is 5.92 Å². The summed E-state index contributed by atoms with van der Waals surface area (Å²) in [6.45, 7) is 5.37. The van der Waals surface area contributed by atoms with E-state index in [1.54, 1.807) is 0 Å². The van der Waals surface area contributed by atoms with Gasteiger partial charge in [-0.1, -0.05) is 12.8 Å². The van der Waals surface area contributed by atoms with Crippen LogP contribution in [0, 0.1) is 19.8 Å².